The Kier molecular flexibility index (Phi) is 31.0. The zero-order valence-electron chi connectivity index (χ0n) is 9.72. The van der Waals surface area contributed by atoms with Crippen LogP contribution in [0.25, 0.3) is 0 Å². The number of hydrogen-bond acceptors (Lipinski definition) is 5. The van der Waals surface area contributed by atoms with Gasteiger partial charge in [-0.25, -0.2) is 8.42 Å². The van der Waals surface area contributed by atoms with E-state index >= 15 is 0 Å². The normalized spacial score (nSPS) is 10.7. The molecule has 0 saturated heterocycles. The second kappa shape index (κ2) is 20.3. The molecule has 0 heterocycles. The van der Waals surface area contributed by atoms with Crippen molar-refractivity contribution < 1.29 is 90.5 Å². The Morgan fingerprint density at radius 1 is 0.944 bits per heavy atom. The summed E-state index contributed by atoms with van der Waals surface area (Å²) in [6.07, 6.45) is 0.833. The van der Waals surface area contributed by atoms with Crippen molar-refractivity contribution in [1.82, 2.24) is 0 Å². The first-order valence-corrected chi connectivity index (χ1v) is 5.53. The predicted octanol–water partition coefficient (Wildman–Crippen LogP) is -5.82. The van der Waals surface area contributed by atoms with E-state index in [0.717, 1.165) is 11.8 Å². The van der Waals surface area contributed by atoms with E-state index in [1.165, 1.54) is 0 Å². The quantitative estimate of drug-likeness (QED) is 0.299. The first-order valence-electron chi connectivity index (χ1n) is 3.47. The van der Waals surface area contributed by atoms with Crippen molar-refractivity contribution in [1.29, 1.82) is 0 Å². The Labute approximate surface area is 154 Å². The number of hydrogen-bond donors (Lipinski definition) is 2. The van der Waals surface area contributed by atoms with E-state index in [1.807, 2.05) is 18.2 Å². The number of rotatable bonds is 1. The molecule has 11 heteroatoms. The van der Waals surface area contributed by atoms with E-state index in [9.17, 15) is 4.79 Å². The van der Waals surface area contributed by atoms with E-state index < -0.39 is 22.7 Å². The van der Waals surface area contributed by atoms with E-state index in [2.05, 4.69) is 0 Å². The summed E-state index contributed by atoms with van der Waals surface area (Å²) in [5.41, 5.74) is 0.729. The van der Waals surface area contributed by atoms with Crippen molar-refractivity contribution in [3.63, 3.8) is 0 Å². The molecule has 2 unspecified atom stereocenters. The molecule has 0 aliphatic rings. The van der Waals surface area contributed by atoms with Gasteiger partial charge in [0.2, 0.25) is 0 Å². The molecule has 18 heavy (non-hydrogen) atoms. The fraction of sp³-hybridized carbons (Fsp3) is 0. The summed E-state index contributed by atoms with van der Waals surface area (Å²) in [5.74, 6) is 0. The van der Waals surface area contributed by atoms with E-state index in [1.54, 1.807) is 12.1 Å². The molecule has 0 bridgehead atoms. The van der Waals surface area contributed by atoms with E-state index in [0.29, 0.717) is 0 Å². The number of benzene rings is 1. The summed E-state index contributed by atoms with van der Waals surface area (Å²) in [4.78, 5) is 10.0. The third-order valence-corrected chi connectivity index (χ3v) is 0.936. The molecule has 1 rings (SSSR count). The summed E-state index contributed by atoms with van der Waals surface area (Å²) in [6.45, 7) is 0. The molecular weight excluding hydrogens is 306 g/mol. The van der Waals surface area contributed by atoms with Gasteiger partial charge in [0, 0.05) is 5.56 Å². The average molecular weight is 314 g/mol. The van der Waals surface area contributed by atoms with Gasteiger partial charge in [-0.15, -0.1) is 0 Å². The molecule has 7 nitrogen and oxygen atoms in total. The van der Waals surface area contributed by atoms with Crippen LogP contribution in [-0.4, -0.2) is 32.9 Å². The smallest absolute Gasteiger partial charge is 0.750 e. The minimum absolute atomic E-state index is 0. The summed E-state index contributed by atoms with van der Waals surface area (Å²) in [6, 6.07) is 9.10. The Balaban J connectivity index is -0.0000000860. The minimum Gasteiger partial charge on any atom is -0.750 e. The SMILES string of the molecule is O=Cc1ccccc1.O=S([O-])O.O=S([O-])O.[Na+].[Na+]. The molecule has 2 atom stereocenters. The van der Waals surface area contributed by atoms with Crippen molar-refractivity contribution in [2.45, 2.75) is 0 Å². The summed E-state index contributed by atoms with van der Waals surface area (Å²) >= 11 is -5.72. The van der Waals surface area contributed by atoms with Gasteiger partial charge in [-0.1, -0.05) is 30.3 Å². The first kappa shape index (κ1) is 27.4. The average Bonchev–Trinajstić information content (AvgIpc) is 2.17. The molecule has 0 radical (unpaired) electrons. The third-order valence-electron chi connectivity index (χ3n) is 0.936. The van der Waals surface area contributed by atoms with Gasteiger partial charge in [-0.3, -0.25) is 4.79 Å². The summed E-state index contributed by atoms with van der Waals surface area (Å²) in [5, 5.41) is 0. The maximum absolute atomic E-state index is 10.0. The van der Waals surface area contributed by atoms with Gasteiger partial charge in [0.25, 0.3) is 0 Å². The van der Waals surface area contributed by atoms with Crippen LogP contribution < -0.4 is 59.1 Å². The van der Waals surface area contributed by atoms with Gasteiger partial charge in [-0.2, -0.15) is 0 Å². The van der Waals surface area contributed by atoms with Crippen LogP contribution in [0.3, 0.4) is 0 Å². The Morgan fingerprint density at radius 2 is 1.22 bits per heavy atom. The summed E-state index contributed by atoms with van der Waals surface area (Å²) < 4.78 is 48.2. The van der Waals surface area contributed by atoms with Gasteiger partial charge in [0.1, 0.15) is 6.29 Å². The Hall–Kier alpha value is 1.03. The maximum Gasteiger partial charge on any atom is 1.00 e. The summed E-state index contributed by atoms with van der Waals surface area (Å²) in [7, 11) is 0. The Bertz CT molecular complexity index is 316. The van der Waals surface area contributed by atoms with Crippen LogP contribution in [0.2, 0.25) is 0 Å². The van der Waals surface area contributed by atoms with Crippen molar-refractivity contribution in [3.8, 4) is 0 Å². The molecule has 0 aromatic heterocycles. The van der Waals surface area contributed by atoms with Gasteiger partial charge in [0.15, 0.2) is 0 Å². The van der Waals surface area contributed by atoms with Crippen molar-refractivity contribution in [2.24, 2.45) is 0 Å². The molecule has 1 aromatic rings. The monoisotopic (exact) mass is 314 g/mol. The minimum atomic E-state index is -2.86. The van der Waals surface area contributed by atoms with Crippen LogP contribution in [-0.2, 0) is 22.7 Å². The van der Waals surface area contributed by atoms with Crippen molar-refractivity contribution in [2.75, 3.05) is 0 Å². The second-order valence-electron chi connectivity index (χ2n) is 1.96. The maximum atomic E-state index is 10.0. The molecule has 0 spiro atoms. The van der Waals surface area contributed by atoms with Gasteiger partial charge in [-0.05, 0) is 0 Å². The molecule has 2 N–H and O–H groups in total. The number of carbonyl (C=O) groups is 1. The number of carbonyl (C=O) groups excluding carboxylic acids is 1. The van der Waals surface area contributed by atoms with Crippen LogP contribution in [0.15, 0.2) is 30.3 Å². The molecule has 0 aliphatic heterocycles. The van der Waals surface area contributed by atoms with Crippen LogP contribution >= 0.6 is 0 Å². The van der Waals surface area contributed by atoms with Crippen LogP contribution in [0.5, 0.6) is 0 Å². The predicted molar refractivity (Wildman–Crippen MR) is 54.9 cm³/mol. The molecule has 0 fully saturated rings. The second-order valence-corrected chi connectivity index (χ2v) is 2.83. The first-order chi connectivity index (χ1) is 7.40. The molecule has 1 aromatic carbocycles. The van der Waals surface area contributed by atoms with Gasteiger partial charge < -0.3 is 18.2 Å². The van der Waals surface area contributed by atoms with E-state index in [4.69, 9.17) is 26.6 Å². The molecule has 0 aliphatic carbocycles. The van der Waals surface area contributed by atoms with Crippen LogP contribution in [0, 0.1) is 0 Å². The van der Waals surface area contributed by atoms with Crippen molar-refractivity contribution >= 4 is 29.0 Å². The van der Waals surface area contributed by atoms with E-state index in [-0.39, 0.29) is 59.1 Å². The zero-order valence-corrected chi connectivity index (χ0v) is 15.3. The Morgan fingerprint density at radius 3 is 1.39 bits per heavy atom. The van der Waals surface area contributed by atoms with Crippen molar-refractivity contribution in [3.05, 3.63) is 35.9 Å². The van der Waals surface area contributed by atoms with Crippen LogP contribution in [0.1, 0.15) is 10.4 Å². The molecular formula is C7H8Na2O7S2. The largest absolute Gasteiger partial charge is 1.00 e. The molecule has 0 amide bonds. The zero-order chi connectivity index (χ0) is 13.0. The van der Waals surface area contributed by atoms with Gasteiger partial charge >= 0.3 is 59.1 Å². The molecule has 92 valence electrons. The topological polar surface area (TPSA) is 138 Å². The fourth-order valence-electron chi connectivity index (χ4n) is 0.532. The number of aldehydes is 1. The fourth-order valence-corrected chi connectivity index (χ4v) is 0.532. The standard InChI is InChI=1S/C7H6O.2Na.2H2O3S/c8-6-7-4-2-1-3-5-7;;;2*1-4(2)3/h1-6H;;;2*(H2,1,2,3)/q;2*+1;;/p-2. The van der Waals surface area contributed by atoms with Gasteiger partial charge in [0.05, 0.1) is 22.7 Å². The molecule has 0 saturated carbocycles. The van der Waals surface area contributed by atoms with Crippen LogP contribution in [0.4, 0.5) is 0 Å². The third kappa shape index (κ3) is 36.0.